The molecule has 0 aliphatic heterocycles. The molecule has 0 bridgehead atoms. The summed E-state index contributed by atoms with van der Waals surface area (Å²) in [5, 5.41) is 11.9. The number of benzene rings is 2. The van der Waals surface area contributed by atoms with Crippen LogP contribution in [0, 0.1) is 21.8 Å². The lowest BCUT2D eigenvalue weighted by Gasteiger charge is -2.05. The van der Waals surface area contributed by atoms with Crippen LogP contribution in [-0.2, 0) is 4.79 Å². The van der Waals surface area contributed by atoms with Crippen molar-refractivity contribution in [2.45, 2.75) is 6.92 Å². The second-order valence-electron chi connectivity index (χ2n) is 4.51. The number of nitrogens with one attached hydrogen (secondary N) is 1. The summed E-state index contributed by atoms with van der Waals surface area (Å²) >= 11 is 2.18. The van der Waals surface area contributed by atoms with Gasteiger partial charge in [-0.25, -0.2) is 0 Å². The second-order valence-corrected chi connectivity index (χ2v) is 5.67. The molecule has 0 atom stereocenters. The summed E-state index contributed by atoms with van der Waals surface area (Å²) in [6.07, 6.45) is 1.60. The molecule has 104 valence electrons. The highest BCUT2D eigenvalue weighted by molar-refractivity contribution is 14.1. The Morgan fingerprint density at radius 1 is 1.19 bits per heavy atom. The van der Waals surface area contributed by atoms with Gasteiger partial charge in [0.05, 0.1) is 0 Å². The van der Waals surface area contributed by atoms with E-state index < -0.39 is 5.91 Å². The monoisotopic (exact) mass is 388 g/mol. The largest absolute Gasteiger partial charge is 0.321 e. The Morgan fingerprint density at radius 2 is 1.86 bits per heavy atom. The number of anilines is 1. The number of carbonyl (C=O) groups excluding carboxylic acids is 1. The van der Waals surface area contributed by atoms with Crippen molar-refractivity contribution in [3.8, 4) is 6.07 Å². The van der Waals surface area contributed by atoms with Crippen LogP contribution in [0.25, 0.3) is 6.08 Å². The molecule has 2 aromatic carbocycles. The Kier molecular flexibility index (Phi) is 5.12. The van der Waals surface area contributed by atoms with Crippen molar-refractivity contribution in [2.75, 3.05) is 5.32 Å². The lowest BCUT2D eigenvalue weighted by molar-refractivity contribution is -0.112. The molecule has 1 N–H and O–H groups in total. The summed E-state index contributed by atoms with van der Waals surface area (Å²) < 4.78 is 0.992. The molecular formula is C17H13IN2O. The molecule has 0 saturated heterocycles. The van der Waals surface area contributed by atoms with Gasteiger partial charge in [-0.15, -0.1) is 0 Å². The first kappa shape index (κ1) is 15.3. The SMILES string of the molecule is Cc1ccc(NC(=O)/C(C#N)=C\c2ccccc2I)cc1. The molecule has 3 nitrogen and oxygen atoms in total. The van der Waals surface area contributed by atoms with Crippen LogP contribution in [0.5, 0.6) is 0 Å². The number of carbonyl (C=O) groups is 1. The van der Waals surface area contributed by atoms with Gasteiger partial charge in [-0.3, -0.25) is 4.79 Å². The van der Waals surface area contributed by atoms with Gasteiger partial charge in [0.1, 0.15) is 11.6 Å². The first-order valence-electron chi connectivity index (χ1n) is 6.34. The molecule has 0 radical (unpaired) electrons. The Labute approximate surface area is 137 Å². The number of nitriles is 1. The topological polar surface area (TPSA) is 52.9 Å². The summed E-state index contributed by atoms with van der Waals surface area (Å²) in [6.45, 7) is 1.98. The van der Waals surface area contributed by atoms with Crippen molar-refractivity contribution in [2.24, 2.45) is 0 Å². The number of hydrogen-bond donors (Lipinski definition) is 1. The number of nitrogens with zero attached hydrogens (tertiary/aromatic N) is 1. The van der Waals surface area contributed by atoms with Gasteiger partial charge in [-0.1, -0.05) is 35.9 Å². The average molecular weight is 388 g/mol. The average Bonchev–Trinajstić information content (AvgIpc) is 2.48. The minimum absolute atomic E-state index is 0.0830. The van der Waals surface area contributed by atoms with Gasteiger partial charge < -0.3 is 5.32 Å². The molecule has 2 rings (SSSR count). The number of amides is 1. The lowest BCUT2D eigenvalue weighted by atomic mass is 10.1. The van der Waals surface area contributed by atoms with Crippen molar-refractivity contribution in [1.82, 2.24) is 0 Å². The molecule has 0 fully saturated rings. The summed E-state index contributed by atoms with van der Waals surface area (Å²) in [5.41, 5.74) is 2.73. The van der Waals surface area contributed by atoms with Gasteiger partial charge in [-0.2, -0.15) is 5.26 Å². The predicted octanol–water partition coefficient (Wildman–Crippen LogP) is 4.15. The fourth-order valence-corrected chi connectivity index (χ4v) is 2.27. The number of hydrogen-bond acceptors (Lipinski definition) is 2. The van der Waals surface area contributed by atoms with E-state index in [2.05, 4.69) is 27.9 Å². The zero-order chi connectivity index (χ0) is 15.2. The van der Waals surface area contributed by atoms with Crippen molar-refractivity contribution >= 4 is 40.3 Å². The van der Waals surface area contributed by atoms with E-state index in [0.717, 1.165) is 14.7 Å². The zero-order valence-corrected chi connectivity index (χ0v) is 13.6. The molecule has 0 aliphatic rings. The Hall–Kier alpha value is -2.13. The van der Waals surface area contributed by atoms with E-state index in [9.17, 15) is 10.1 Å². The third kappa shape index (κ3) is 4.17. The quantitative estimate of drug-likeness (QED) is 0.488. The Bertz CT molecular complexity index is 727. The highest BCUT2D eigenvalue weighted by Gasteiger charge is 2.10. The van der Waals surface area contributed by atoms with Crippen LogP contribution >= 0.6 is 22.6 Å². The fraction of sp³-hybridized carbons (Fsp3) is 0.0588. The van der Waals surface area contributed by atoms with Crippen molar-refractivity contribution in [3.05, 3.63) is 68.8 Å². The van der Waals surface area contributed by atoms with E-state index in [1.807, 2.05) is 61.5 Å². The summed E-state index contributed by atoms with van der Waals surface area (Å²) in [6, 6.07) is 17.0. The van der Waals surface area contributed by atoms with Crippen LogP contribution < -0.4 is 5.32 Å². The van der Waals surface area contributed by atoms with Gasteiger partial charge in [-0.05, 0) is 59.4 Å². The van der Waals surface area contributed by atoms with Gasteiger partial charge in [0, 0.05) is 9.26 Å². The van der Waals surface area contributed by atoms with Crippen LogP contribution in [0.4, 0.5) is 5.69 Å². The predicted molar refractivity (Wildman–Crippen MR) is 92.6 cm³/mol. The van der Waals surface area contributed by atoms with Gasteiger partial charge >= 0.3 is 0 Å². The van der Waals surface area contributed by atoms with Crippen LogP contribution in [0.2, 0.25) is 0 Å². The van der Waals surface area contributed by atoms with E-state index >= 15 is 0 Å². The standard InChI is InChI=1S/C17H13IN2O/c1-12-6-8-15(9-7-12)20-17(21)14(11-19)10-13-4-2-3-5-16(13)18/h2-10H,1H3,(H,20,21)/b14-10-. The molecule has 2 aromatic rings. The maximum absolute atomic E-state index is 12.1. The van der Waals surface area contributed by atoms with E-state index in [1.165, 1.54) is 0 Å². The molecule has 0 aromatic heterocycles. The minimum Gasteiger partial charge on any atom is -0.321 e. The molecule has 0 spiro atoms. The number of halogens is 1. The van der Waals surface area contributed by atoms with Crippen LogP contribution in [0.1, 0.15) is 11.1 Å². The summed E-state index contributed by atoms with van der Waals surface area (Å²) in [7, 11) is 0. The van der Waals surface area contributed by atoms with Crippen molar-refractivity contribution in [3.63, 3.8) is 0 Å². The second kappa shape index (κ2) is 7.04. The molecule has 1 amide bonds. The highest BCUT2D eigenvalue weighted by atomic mass is 127. The minimum atomic E-state index is -0.402. The first-order chi connectivity index (χ1) is 10.1. The van der Waals surface area contributed by atoms with Crippen LogP contribution in [0.15, 0.2) is 54.1 Å². The summed E-state index contributed by atoms with van der Waals surface area (Å²) in [5.74, 6) is -0.402. The first-order valence-corrected chi connectivity index (χ1v) is 7.42. The third-order valence-corrected chi connectivity index (χ3v) is 3.86. The van der Waals surface area contributed by atoms with E-state index in [4.69, 9.17) is 0 Å². The molecule has 4 heteroatoms. The maximum atomic E-state index is 12.1. The molecule has 0 heterocycles. The van der Waals surface area contributed by atoms with Gasteiger partial charge in [0.25, 0.3) is 5.91 Å². The Balaban J connectivity index is 2.22. The number of rotatable bonds is 3. The van der Waals surface area contributed by atoms with E-state index in [0.29, 0.717) is 5.69 Å². The van der Waals surface area contributed by atoms with Gasteiger partial charge in [0.2, 0.25) is 0 Å². The normalized spacial score (nSPS) is 10.8. The van der Waals surface area contributed by atoms with E-state index in [1.54, 1.807) is 6.08 Å². The van der Waals surface area contributed by atoms with Crippen molar-refractivity contribution in [1.29, 1.82) is 5.26 Å². The number of aryl methyl sites for hydroxylation is 1. The third-order valence-electron chi connectivity index (χ3n) is 2.88. The fourth-order valence-electron chi connectivity index (χ4n) is 1.73. The highest BCUT2D eigenvalue weighted by Crippen LogP contribution is 2.16. The van der Waals surface area contributed by atoms with Crippen LogP contribution in [-0.4, -0.2) is 5.91 Å². The van der Waals surface area contributed by atoms with Gasteiger partial charge in [0.15, 0.2) is 0 Å². The van der Waals surface area contributed by atoms with Crippen molar-refractivity contribution < 1.29 is 4.79 Å². The molecule has 0 saturated carbocycles. The molecular weight excluding hydrogens is 375 g/mol. The van der Waals surface area contributed by atoms with Crippen LogP contribution in [0.3, 0.4) is 0 Å². The molecule has 0 aliphatic carbocycles. The lowest BCUT2D eigenvalue weighted by Crippen LogP contribution is -2.13. The zero-order valence-electron chi connectivity index (χ0n) is 11.4. The maximum Gasteiger partial charge on any atom is 0.266 e. The Morgan fingerprint density at radius 3 is 2.48 bits per heavy atom. The van der Waals surface area contributed by atoms with E-state index in [-0.39, 0.29) is 5.57 Å². The molecule has 0 unspecified atom stereocenters. The smallest absolute Gasteiger partial charge is 0.266 e. The molecule has 21 heavy (non-hydrogen) atoms. The summed E-state index contributed by atoms with van der Waals surface area (Å²) in [4.78, 5) is 12.1.